The van der Waals surface area contributed by atoms with Gasteiger partial charge < -0.3 is 10.3 Å². The first-order chi connectivity index (χ1) is 8.11. The quantitative estimate of drug-likeness (QED) is 0.946. The van der Waals surface area contributed by atoms with Crippen LogP contribution in [0.1, 0.15) is 25.3 Å². The van der Waals surface area contributed by atoms with E-state index in [0.717, 1.165) is 0 Å². The summed E-state index contributed by atoms with van der Waals surface area (Å²) in [4.78, 5) is 4.15. The number of hydrogen-bond donors (Lipinski definition) is 1. The van der Waals surface area contributed by atoms with Crippen LogP contribution in [0.5, 0.6) is 0 Å². The van der Waals surface area contributed by atoms with Gasteiger partial charge in [0.2, 0.25) is 11.7 Å². The number of aromatic nitrogens is 2. The van der Waals surface area contributed by atoms with Crippen molar-refractivity contribution in [3.8, 4) is 11.4 Å². The van der Waals surface area contributed by atoms with E-state index in [1.54, 1.807) is 6.07 Å². The minimum Gasteiger partial charge on any atom is -0.337 e. The lowest BCUT2D eigenvalue weighted by Gasteiger charge is -2.00. The highest BCUT2D eigenvalue weighted by molar-refractivity contribution is 9.10. The van der Waals surface area contributed by atoms with Crippen molar-refractivity contribution in [2.75, 3.05) is 0 Å². The molecule has 0 aliphatic carbocycles. The van der Waals surface area contributed by atoms with E-state index < -0.39 is 0 Å². The third-order valence-electron chi connectivity index (χ3n) is 2.37. The average Bonchev–Trinajstić information content (AvgIpc) is 2.80. The van der Waals surface area contributed by atoms with Crippen LogP contribution in [0.4, 0.5) is 4.39 Å². The molecule has 90 valence electrons. The third kappa shape index (κ3) is 2.53. The molecule has 0 aliphatic rings. The van der Waals surface area contributed by atoms with E-state index in [1.807, 2.05) is 6.92 Å². The lowest BCUT2D eigenvalue weighted by atomic mass is 10.2. The van der Waals surface area contributed by atoms with Gasteiger partial charge in [-0.05, 0) is 24.6 Å². The van der Waals surface area contributed by atoms with Crippen molar-refractivity contribution in [2.45, 2.75) is 19.4 Å². The van der Waals surface area contributed by atoms with Crippen molar-refractivity contribution in [3.63, 3.8) is 0 Å². The molecule has 1 aromatic heterocycles. The van der Waals surface area contributed by atoms with E-state index in [-0.39, 0.29) is 11.9 Å². The monoisotopic (exact) mass is 299 g/mol. The van der Waals surface area contributed by atoms with Gasteiger partial charge in [-0.3, -0.25) is 0 Å². The Hall–Kier alpha value is -1.27. The summed E-state index contributed by atoms with van der Waals surface area (Å²) in [5, 5.41) is 3.79. The molecule has 17 heavy (non-hydrogen) atoms. The summed E-state index contributed by atoms with van der Waals surface area (Å²) in [6.45, 7) is 1.92. The molecular weight excluding hydrogens is 289 g/mol. The number of nitrogens with two attached hydrogens (primary N) is 1. The van der Waals surface area contributed by atoms with Gasteiger partial charge in [0.05, 0.1) is 6.04 Å². The summed E-state index contributed by atoms with van der Waals surface area (Å²) in [5.41, 5.74) is 6.32. The van der Waals surface area contributed by atoms with Crippen molar-refractivity contribution in [1.29, 1.82) is 0 Å². The fourth-order valence-corrected chi connectivity index (χ4v) is 1.76. The van der Waals surface area contributed by atoms with Gasteiger partial charge in [-0.25, -0.2) is 4.39 Å². The molecule has 0 aliphatic heterocycles. The van der Waals surface area contributed by atoms with Gasteiger partial charge in [0.25, 0.3) is 0 Å². The van der Waals surface area contributed by atoms with Gasteiger partial charge in [-0.15, -0.1) is 0 Å². The Labute approximate surface area is 106 Å². The van der Waals surface area contributed by atoms with Crippen LogP contribution in [0.3, 0.4) is 0 Å². The molecule has 2 aromatic rings. The summed E-state index contributed by atoms with van der Waals surface area (Å²) in [7, 11) is 0. The van der Waals surface area contributed by atoms with E-state index in [0.29, 0.717) is 28.2 Å². The van der Waals surface area contributed by atoms with Gasteiger partial charge >= 0.3 is 0 Å². The van der Waals surface area contributed by atoms with Crippen LogP contribution in [-0.4, -0.2) is 10.1 Å². The Morgan fingerprint density at radius 3 is 3.00 bits per heavy atom. The summed E-state index contributed by atoms with van der Waals surface area (Å²) >= 11 is 3.31. The average molecular weight is 300 g/mol. The largest absolute Gasteiger partial charge is 0.337 e. The van der Waals surface area contributed by atoms with Gasteiger partial charge in [0.15, 0.2) is 0 Å². The molecule has 0 spiro atoms. The highest BCUT2D eigenvalue weighted by atomic mass is 79.9. The fourth-order valence-electron chi connectivity index (χ4n) is 1.34. The predicted molar refractivity (Wildman–Crippen MR) is 64.6 cm³/mol. The molecule has 0 fully saturated rings. The van der Waals surface area contributed by atoms with Crippen LogP contribution in [-0.2, 0) is 0 Å². The predicted octanol–water partition coefficient (Wildman–Crippen LogP) is 3.05. The zero-order valence-corrected chi connectivity index (χ0v) is 10.7. The molecule has 6 heteroatoms. The summed E-state index contributed by atoms with van der Waals surface area (Å²) < 4.78 is 18.9. The highest BCUT2D eigenvalue weighted by Crippen LogP contribution is 2.27. The Morgan fingerprint density at radius 2 is 2.29 bits per heavy atom. The van der Waals surface area contributed by atoms with Gasteiger partial charge in [-0.1, -0.05) is 28.0 Å². The van der Waals surface area contributed by atoms with Gasteiger partial charge in [0.1, 0.15) is 5.82 Å². The molecule has 1 heterocycles. The van der Waals surface area contributed by atoms with Crippen molar-refractivity contribution in [2.24, 2.45) is 5.73 Å². The van der Waals surface area contributed by atoms with Crippen LogP contribution in [0, 0.1) is 5.82 Å². The molecule has 1 atom stereocenters. The highest BCUT2D eigenvalue weighted by Gasteiger charge is 2.16. The SMILES string of the molecule is CCC(N)c1nc(-c2cc(F)ccc2Br)no1. The molecule has 0 radical (unpaired) electrons. The molecule has 1 unspecified atom stereocenters. The van der Waals surface area contributed by atoms with Crippen LogP contribution < -0.4 is 5.73 Å². The minimum absolute atomic E-state index is 0.288. The molecule has 0 amide bonds. The Balaban J connectivity index is 2.40. The van der Waals surface area contributed by atoms with Crippen LogP contribution in [0.15, 0.2) is 27.2 Å². The van der Waals surface area contributed by atoms with E-state index in [9.17, 15) is 4.39 Å². The second kappa shape index (κ2) is 4.93. The fraction of sp³-hybridized carbons (Fsp3) is 0.273. The van der Waals surface area contributed by atoms with E-state index in [2.05, 4.69) is 26.1 Å². The van der Waals surface area contributed by atoms with Crippen molar-refractivity contribution >= 4 is 15.9 Å². The molecule has 4 nitrogen and oxygen atoms in total. The zero-order valence-electron chi connectivity index (χ0n) is 9.15. The number of benzene rings is 1. The topological polar surface area (TPSA) is 64.9 Å². The van der Waals surface area contributed by atoms with Crippen molar-refractivity contribution in [1.82, 2.24) is 10.1 Å². The van der Waals surface area contributed by atoms with Crippen LogP contribution in [0.2, 0.25) is 0 Å². The van der Waals surface area contributed by atoms with Crippen LogP contribution in [0.25, 0.3) is 11.4 Å². The zero-order chi connectivity index (χ0) is 12.4. The first-order valence-electron chi connectivity index (χ1n) is 5.16. The van der Waals surface area contributed by atoms with E-state index >= 15 is 0 Å². The smallest absolute Gasteiger partial charge is 0.243 e. The normalized spacial score (nSPS) is 12.7. The number of nitrogens with zero attached hydrogens (tertiary/aromatic N) is 2. The van der Waals surface area contributed by atoms with Crippen molar-refractivity contribution in [3.05, 3.63) is 34.4 Å². The standard InChI is InChI=1S/C11H11BrFN3O/c1-2-9(14)11-15-10(16-17-11)7-5-6(13)3-4-8(7)12/h3-5,9H,2,14H2,1H3. The Bertz CT molecular complexity index is 529. The molecule has 1 aromatic carbocycles. The van der Waals surface area contributed by atoms with Gasteiger partial charge in [-0.2, -0.15) is 4.98 Å². The first kappa shape index (κ1) is 12.2. The summed E-state index contributed by atoms with van der Waals surface area (Å²) in [5.74, 6) is 0.336. The van der Waals surface area contributed by atoms with E-state index in [4.69, 9.17) is 10.3 Å². The maximum Gasteiger partial charge on any atom is 0.243 e. The molecule has 0 saturated carbocycles. The summed E-state index contributed by atoms with van der Waals surface area (Å²) in [6.07, 6.45) is 0.700. The first-order valence-corrected chi connectivity index (χ1v) is 5.95. The minimum atomic E-state index is -0.352. The third-order valence-corrected chi connectivity index (χ3v) is 3.06. The number of hydrogen-bond acceptors (Lipinski definition) is 4. The van der Waals surface area contributed by atoms with E-state index in [1.165, 1.54) is 12.1 Å². The van der Waals surface area contributed by atoms with Gasteiger partial charge in [0, 0.05) is 10.0 Å². The molecule has 2 N–H and O–H groups in total. The second-order valence-electron chi connectivity index (χ2n) is 3.60. The Morgan fingerprint density at radius 1 is 1.53 bits per heavy atom. The second-order valence-corrected chi connectivity index (χ2v) is 4.45. The molecule has 2 rings (SSSR count). The maximum absolute atomic E-state index is 13.1. The molecule has 0 bridgehead atoms. The molecular formula is C11H11BrFN3O. The number of halogens is 2. The lowest BCUT2D eigenvalue weighted by Crippen LogP contribution is -2.08. The molecule has 0 saturated heterocycles. The van der Waals surface area contributed by atoms with Crippen molar-refractivity contribution < 1.29 is 8.91 Å². The van der Waals surface area contributed by atoms with Crippen LogP contribution >= 0.6 is 15.9 Å². The number of rotatable bonds is 3. The maximum atomic E-state index is 13.1. The Kier molecular flexibility index (Phi) is 3.54. The summed E-state index contributed by atoms with van der Waals surface area (Å²) in [6, 6.07) is 4.01. The lowest BCUT2D eigenvalue weighted by molar-refractivity contribution is 0.352.